The second-order valence-electron chi connectivity index (χ2n) is 4.32. The quantitative estimate of drug-likeness (QED) is 0.146. The summed E-state index contributed by atoms with van der Waals surface area (Å²) in [5.41, 5.74) is 16.0. The van der Waals surface area contributed by atoms with Crippen molar-refractivity contribution < 1.29 is 22.3 Å². The Morgan fingerprint density at radius 2 is 1.85 bits per heavy atom. The van der Waals surface area contributed by atoms with Crippen LogP contribution in [-0.4, -0.2) is 48.5 Å². The summed E-state index contributed by atoms with van der Waals surface area (Å²) < 4.78 is 31.6. The summed E-state index contributed by atoms with van der Waals surface area (Å²) in [6.07, 6.45) is 2.61. The number of nitrogens with zero attached hydrogens (tertiary/aromatic N) is 1. The minimum Gasteiger partial charge on any atom is -0.370 e. The minimum absolute atomic E-state index is 0.0483. The summed E-state index contributed by atoms with van der Waals surface area (Å²) in [6, 6.07) is 0.179. The highest BCUT2D eigenvalue weighted by atomic mass is 32.3. The number of nitrogens with one attached hydrogen (secondary N) is 1. The van der Waals surface area contributed by atoms with Crippen molar-refractivity contribution in [2.75, 3.05) is 13.1 Å². The Hall–Kier alpha value is -1.43. The number of rotatable bonds is 4. The van der Waals surface area contributed by atoms with Gasteiger partial charge in [-0.1, -0.05) is 0 Å². The van der Waals surface area contributed by atoms with Crippen molar-refractivity contribution in [1.29, 1.82) is 0 Å². The van der Waals surface area contributed by atoms with Crippen molar-refractivity contribution in [2.24, 2.45) is 28.1 Å². The summed E-state index contributed by atoms with van der Waals surface area (Å²) in [5.74, 6) is 0.181. The van der Waals surface area contributed by atoms with E-state index >= 15 is 0 Å². The number of hydrogen-bond acceptors (Lipinski definition) is 5. The van der Waals surface area contributed by atoms with E-state index in [1.54, 1.807) is 0 Å². The van der Waals surface area contributed by atoms with E-state index < -0.39 is 10.4 Å². The van der Waals surface area contributed by atoms with Gasteiger partial charge >= 0.3 is 10.4 Å². The van der Waals surface area contributed by atoms with Gasteiger partial charge in [0.2, 0.25) is 5.91 Å². The molecule has 2 atom stereocenters. The first-order chi connectivity index (χ1) is 9.09. The third-order valence-corrected chi connectivity index (χ3v) is 2.55. The number of carbonyl (C=O) groups is 1. The Balaban J connectivity index is 0.000000621. The van der Waals surface area contributed by atoms with E-state index in [0.29, 0.717) is 13.1 Å². The smallest absolute Gasteiger partial charge is 0.370 e. The fraction of sp³-hybridized carbons (Fsp3) is 0.778. The van der Waals surface area contributed by atoms with Crippen LogP contribution in [0.25, 0.3) is 0 Å². The Bertz CT molecular complexity index is 426. The lowest BCUT2D eigenvalue weighted by Gasteiger charge is -2.09. The van der Waals surface area contributed by atoms with Crippen LogP contribution in [0.5, 0.6) is 0 Å². The molecule has 1 aliphatic rings. The fourth-order valence-corrected chi connectivity index (χ4v) is 1.76. The molecule has 118 valence electrons. The summed E-state index contributed by atoms with van der Waals surface area (Å²) in [4.78, 5) is 15.3. The van der Waals surface area contributed by atoms with Gasteiger partial charge in [0.05, 0.1) is 6.54 Å². The summed E-state index contributed by atoms with van der Waals surface area (Å²) in [5, 5.41) is 2.79. The van der Waals surface area contributed by atoms with Crippen molar-refractivity contribution in [1.82, 2.24) is 5.32 Å². The lowest BCUT2D eigenvalue weighted by atomic mass is 10.1. The molecule has 1 saturated carbocycles. The Kier molecular flexibility index (Phi) is 8.06. The van der Waals surface area contributed by atoms with E-state index in [1.165, 1.54) is 0 Å². The minimum atomic E-state index is -4.67. The number of amides is 1. The zero-order valence-electron chi connectivity index (χ0n) is 10.9. The van der Waals surface area contributed by atoms with Crippen molar-refractivity contribution in [3.05, 3.63) is 0 Å². The second kappa shape index (κ2) is 8.68. The van der Waals surface area contributed by atoms with Crippen molar-refractivity contribution in [3.63, 3.8) is 0 Å². The molecule has 0 radical (unpaired) electrons. The van der Waals surface area contributed by atoms with Crippen LogP contribution in [0.3, 0.4) is 0 Å². The molecule has 0 aromatic heterocycles. The van der Waals surface area contributed by atoms with Crippen LogP contribution in [0.15, 0.2) is 4.99 Å². The zero-order valence-corrected chi connectivity index (χ0v) is 11.7. The fourth-order valence-electron chi connectivity index (χ4n) is 1.76. The van der Waals surface area contributed by atoms with Crippen molar-refractivity contribution >= 4 is 22.3 Å². The van der Waals surface area contributed by atoms with Crippen LogP contribution in [0.1, 0.15) is 19.3 Å². The standard InChI is InChI=1S/C9H19N5O.H2O4S/c10-7-2-1-6(5-7)8(15)13-3-4-14-9(11)12;1-5(2,3)4/h6-7H,1-5,10H2,(H,13,15)(H4,11,12,14);(H2,1,2,3,4). The van der Waals surface area contributed by atoms with Gasteiger partial charge in [0.15, 0.2) is 5.96 Å². The van der Waals surface area contributed by atoms with Crippen molar-refractivity contribution in [2.45, 2.75) is 25.3 Å². The molecule has 20 heavy (non-hydrogen) atoms. The first-order valence-electron chi connectivity index (χ1n) is 5.88. The number of nitrogens with two attached hydrogens (primary N) is 3. The monoisotopic (exact) mass is 311 g/mol. The molecule has 1 amide bonds. The highest BCUT2D eigenvalue weighted by Gasteiger charge is 2.27. The van der Waals surface area contributed by atoms with Gasteiger partial charge in [0, 0.05) is 18.5 Å². The van der Waals surface area contributed by atoms with E-state index in [1.807, 2.05) is 0 Å². The lowest BCUT2D eigenvalue weighted by molar-refractivity contribution is -0.124. The van der Waals surface area contributed by atoms with Crippen LogP contribution in [-0.2, 0) is 15.2 Å². The highest BCUT2D eigenvalue weighted by Crippen LogP contribution is 2.23. The van der Waals surface area contributed by atoms with Gasteiger partial charge in [-0.05, 0) is 19.3 Å². The van der Waals surface area contributed by atoms with Gasteiger partial charge in [0.1, 0.15) is 0 Å². The van der Waals surface area contributed by atoms with E-state index in [9.17, 15) is 4.79 Å². The van der Waals surface area contributed by atoms with E-state index in [0.717, 1.165) is 19.3 Å². The molecule has 0 aromatic carbocycles. The van der Waals surface area contributed by atoms with E-state index in [2.05, 4.69) is 10.3 Å². The maximum absolute atomic E-state index is 11.6. The molecule has 1 fully saturated rings. The predicted octanol–water partition coefficient (Wildman–Crippen LogP) is -2.15. The van der Waals surface area contributed by atoms with Crippen molar-refractivity contribution in [3.8, 4) is 0 Å². The highest BCUT2D eigenvalue weighted by molar-refractivity contribution is 7.79. The Morgan fingerprint density at radius 3 is 2.25 bits per heavy atom. The summed E-state index contributed by atoms with van der Waals surface area (Å²) >= 11 is 0. The summed E-state index contributed by atoms with van der Waals surface area (Å²) in [7, 11) is -4.67. The van der Waals surface area contributed by atoms with Gasteiger partial charge in [-0.25, -0.2) is 0 Å². The van der Waals surface area contributed by atoms with E-state index in [4.69, 9.17) is 34.7 Å². The van der Waals surface area contributed by atoms with E-state index in [-0.39, 0.29) is 23.8 Å². The molecular weight excluding hydrogens is 290 g/mol. The second-order valence-corrected chi connectivity index (χ2v) is 5.21. The van der Waals surface area contributed by atoms with Gasteiger partial charge < -0.3 is 22.5 Å². The van der Waals surface area contributed by atoms with Crippen LogP contribution >= 0.6 is 0 Å². The van der Waals surface area contributed by atoms with Crippen LogP contribution < -0.4 is 22.5 Å². The molecule has 0 bridgehead atoms. The first-order valence-corrected chi connectivity index (χ1v) is 7.28. The Labute approximate surface area is 117 Å². The third kappa shape index (κ3) is 11.6. The largest absolute Gasteiger partial charge is 0.394 e. The molecule has 2 unspecified atom stereocenters. The molecular formula is C9H21N5O5S. The molecule has 0 aliphatic heterocycles. The molecule has 0 spiro atoms. The third-order valence-electron chi connectivity index (χ3n) is 2.55. The number of guanidine groups is 1. The average Bonchev–Trinajstić information content (AvgIpc) is 2.68. The maximum atomic E-state index is 11.6. The molecule has 11 heteroatoms. The molecule has 0 heterocycles. The molecule has 9 N–H and O–H groups in total. The van der Waals surface area contributed by atoms with Gasteiger partial charge in [-0.3, -0.25) is 18.9 Å². The van der Waals surface area contributed by atoms with Gasteiger partial charge in [-0.2, -0.15) is 8.42 Å². The summed E-state index contributed by atoms with van der Waals surface area (Å²) in [6.45, 7) is 0.898. The molecule has 1 aliphatic carbocycles. The average molecular weight is 311 g/mol. The lowest BCUT2D eigenvalue weighted by Crippen LogP contribution is -2.33. The van der Waals surface area contributed by atoms with Crippen LogP contribution in [0.4, 0.5) is 0 Å². The molecule has 0 aromatic rings. The molecule has 0 saturated heterocycles. The number of aliphatic imine (C=N–C) groups is 1. The normalized spacial score (nSPS) is 21.6. The SMILES string of the molecule is NC(N)=NCCNC(=O)C1CCC(N)C1.O=S(=O)(O)O. The molecule has 10 nitrogen and oxygen atoms in total. The van der Waals surface area contributed by atoms with Crippen LogP contribution in [0, 0.1) is 5.92 Å². The van der Waals surface area contributed by atoms with Gasteiger partial charge in [-0.15, -0.1) is 0 Å². The molecule has 1 rings (SSSR count). The zero-order chi connectivity index (χ0) is 15.8. The van der Waals surface area contributed by atoms with Gasteiger partial charge in [0.25, 0.3) is 0 Å². The number of hydrogen-bond donors (Lipinski definition) is 6. The van der Waals surface area contributed by atoms with Crippen LogP contribution in [0.2, 0.25) is 0 Å². The topological polar surface area (TPSA) is 194 Å². The Morgan fingerprint density at radius 1 is 1.30 bits per heavy atom. The maximum Gasteiger partial charge on any atom is 0.394 e. The predicted molar refractivity (Wildman–Crippen MR) is 73.2 cm³/mol. The first kappa shape index (κ1) is 18.6. The number of carbonyl (C=O) groups excluding carboxylic acids is 1.